The van der Waals surface area contributed by atoms with Gasteiger partial charge in [-0.2, -0.15) is 0 Å². The van der Waals surface area contributed by atoms with Gasteiger partial charge in [0, 0.05) is 7.11 Å². The summed E-state index contributed by atoms with van der Waals surface area (Å²) in [5.41, 5.74) is -0.804. The second-order valence-electron chi connectivity index (χ2n) is 3.93. The third-order valence-electron chi connectivity index (χ3n) is 2.49. The number of hydrogen-bond acceptors (Lipinski definition) is 4. The number of methoxy groups -OCH3 is 2. The molecule has 0 fully saturated rings. The van der Waals surface area contributed by atoms with Gasteiger partial charge in [-0.25, -0.2) is 0 Å². The molecule has 0 saturated carbocycles. The van der Waals surface area contributed by atoms with Gasteiger partial charge in [0.2, 0.25) is 0 Å². The quantitative estimate of drug-likeness (QED) is 0.420. The van der Waals surface area contributed by atoms with E-state index in [-0.39, 0.29) is 76.1 Å². The Balaban J connectivity index is 0.00000400. The topological polar surface area (TPSA) is 36.9 Å². The SMILES string of the molecule is COCCOCCOc1ccc(OC)cc1[B-](F)(F)F.[K+]. The summed E-state index contributed by atoms with van der Waals surface area (Å²) < 4.78 is 58.6. The van der Waals surface area contributed by atoms with E-state index in [2.05, 4.69) is 0 Å². The second kappa shape index (κ2) is 10.9. The van der Waals surface area contributed by atoms with E-state index in [0.29, 0.717) is 13.2 Å². The molecule has 21 heavy (non-hydrogen) atoms. The van der Waals surface area contributed by atoms with Gasteiger partial charge in [-0.15, -0.1) is 0 Å². The van der Waals surface area contributed by atoms with Crippen molar-refractivity contribution in [1.29, 1.82) is 0 Å². The zero-order valence-corrected chi connectivity index (χ0v) is 15.5. The molecule has 0 spiro atoms. The Morgan fingerprint density at radius 1 is 1.00 bits per heavy atom. The Morgan fingerprint density at radius 3 is 2.24 bits per heavy atom. The summed E-state index contributed by atoms with van der Waals surface area (Å²) in [6.45, 7) is -4.13. The Morgan fingerprint density at radius 2 is 1.67 bits per heavy atom. The van der Waals surface area contributed by atoms with Gasteiger partial charge < -0.3 is 31.9 Å². The summed E-state index contributed by atoms with van der Waals surface area (Å²) in [5.74, 6) is -0.0727. The summed E-state index contributed by atoms with van der Waals surface area (Å²) in [7, 11) is 2.85. The van der Waals surface area contributed by atoms with Gasteiger partial charge in [0.15, 0.2) is 0 Å². The first-order valence-electron chi connectivity index (χ1n) is 6.06. The van der Waals surface area contributed by atoms with Crippen molar-refractivity contribution >= 4 is 12.4 Å². The normalized spacial score (nSPS) is 10.9. The maximum atomic E-state index is 12.9. The largest absolute Gasteiger partial charge is 1.00 e. The molecular weight excluding hydrogens is 315 g/mol. The summed E-state index contributed by atoms with van der Waals surface area (Å²) in [6.07, 6.45) is 0. The third-order valence-corrected chi connectivity index (χ3v) is 2.49. The molecule has 4 nitrogen and oxygen atoms in total. The van der Waals surface area contributed by atoms with Crippen LogP contribution in [-0.2, 0) is 9.47 Å². The standard InChI is InChI=1S/C12H17BF3O4.K/c1-17-5-6-19-7-8-20-12-4-3-10(18-2)9-11(12)13(14,15)16;/h3-4,9H,5-8H2,1-2H3;/q-1;+1. The number of ether oxygens (including phenoxy) is 4. The van der Waals surface area contributed by atoms with Gasteiger partial charge in [-0.1, -0.05) is 5.46 Å². The average molecular weight is 332 g/mol. The van der Waals surface area contributed by atoms with Crippen molar-refractivity contribution in [2.75, 3.05) is 40.6 Å². The number of halogens is 3. The van der Waals surface area contributed by atoms with Crippen LogP contribution in [0.1, 0.15) is 0 Å². The molecule has 1 aromatic rings. The molecule has 0 amide bonds. The average Bonchev–Trinajstić information content (AvgIpc) is 2.41. The zero-order chi connectivity index (χ0) is 15.0. The Labute approximate surface area is 164 Å². The molecule has 0 aliphatic heterocycles. The van der Waals surface area contributed by atoms with E-state index in [1.807, 2.05) is 0 Å². The van der Waals surface area contributed by atoms with Crippen LogP contribution in [0.5, 0.6) is 11.5 Å². The summed E-state index contributed by atoms with van der Waals surface area (Å²) in [5, 5.41) is 0. The van der Waals surface area contributed by atoms with Crippen LogP contribution < -0.4 is 66.3 Å². The van der Waals surface area contributed by atoms with Crippen molar-refractivity contribution in [2.45, 2.75) is 0 Å². The van der Waals surface area contributed by atoms with E-state index < -0.39 is 12.4 Å². The van der Waals surface area contributed by atoms with Crippen LogP contribution in [0.3, 0.4) is 0 Å². The molecule has 0 aliphatic carbocycles. The van der Waals surface area contributed by atoms with Crippen LogP contribution in [0.4, 0.5) is 12.9 Å². The summed E-state index contributed by atoms with van der Waals surface area (Å²) in [6, 6.07) is 3.60. The number of benzene rings is 1. The molecule has 0 N–H and O–H groups in total. The van der Waals surface area contributed by atoms with Crippen LogP contribution in [0.25, 0.3) is 0 Å². The number of hydrogen-bond donors (Lipinski definition) is 0. The van der Waals surface area contributed by atoms with Crippen molar-refractivity contribution in [2.24, 2.45) is 0 Å². The minimum absolute atomic E-state index is 0. The maximum Gasteiger partial charge on any atom is 1.00 e. The van der Waals surface area contributed by atoms with Crippen LogP contribution >= 0.6 is 0 Å². The first kappa shape index (κ1) is 21.2. The zero-order valence-electron chi connectivity index (χ0n) is 12.4. The fraction of sp³-hybridized carbons (Fsp3) is 0.500. The monoisotopic (exact) mass is 332 g/mol. The predicted molar refractivity (Wildman–Crippen MR) is 69.9 cm³/mol. The molecule has 0 atom stereocenters. The fourth-order valence-electron chi connectivity index (χ4n) is 1.50. The van der Waals surface area contributed by atoms with Crippen molar-refractivity contribution in [3.8, 4) is 11.5 Å². The Bertz CT molecular complexity index is 418. The molecule has 0 bridgehead atoms. The molecule has 1 aromatic carbocycles. The third kappa shape index (κ3) is 7.87. The van der Waals surface area contributed by atoms with Gasteiger partial charge in [-0.3, -0.25) is 0 Å². The molecular formula is C12H17BF3KO4. The van der Waals surface area contributed by atoms with E-state index in [0.717, 1.165) is 6.07 Å². The van der Waals surface area contributed by atoms with Crippen molar-refractivity contribution in [3.05, 3.63) is 18.2 Å². The minimum Gasteiger partial charge on any atom is -0.497 e. The minimum atomic E-state index is -5.16. The predicted octanol–water partition coefficient (Wildman–Crippen LogP) is -1.20. The molecule has 114 valence electrons. The van der Waals surface area contributed by atoms with Crippen molar-refractivity contribution in [1.82, 2.24) is 0 Å². The Hall–Kier alpha value is 0.231. The summed E-state index contributed by atoms with van der Waals surface area (Å²) in [4.78, 5) is 0. The molecule has 0 aliphatic rings. The van der Waals surface area contributed by atoms with E-state index in [4.69, 9.17) is 18.9 Å². The number of rotatable bonds is 9. The molecule has 0 heterocycles. The van der Waals surface area contributed by atoms with Crippen LogP contribution in [0.15, 0.2) is 18.2 Å². The van der Waals surface area contributed by atoms with E-state index in [1.54, 1.807) is 0 Å². The van der Waals surface area contributed by atoms with E-state index in [9.17, 15) is 12.9 Å². The maximum absolute atomic E-state index is 12.9. The van der Waals surface area contributed by atoms with E-state index in [1.165, 1.54) is 26.4 Å². The van der Waals surface area contributed by atoms with Gasteiger partial charge in [0.05, 0.1) is 32.7 Å². The van der Waals surface area contributed by atoms with Crippen molar-refractivity contribution in [3.63, 3.8) is 0 Å². The van der Waals surface area contributed by atoms with Crippen LogP contribution in [-0.4, -0.2) is 47.6 Å². The van der Waals surface area contributed by atoms with E-state index >= 15 is 0 Å². The van der Waals surface area contributed by atoms with Crippen LogP contribution in [0, 0.1) is 0 Å². The Kier molecular flexibility index (Phi) is 11.0. The van der Waals surface area contributed by atoms with Gasteiger partial charge in [0.1, 0.15) is 12.4 Å². The molecule has 0 saturated heterocycles. The second-order valence-corrected chi connectivity index (χ2v) is 3.93. The van der Waals surface area contributed by atoms with Crippen LogP contribution in [0.2, 0.25) is 0 Å². The molecule has 0 aromatic heterocycles. The molecule has 0 unspecified atom stereocenters. The van der Waals surface area contributed by atoms with Gasteiger partial charge >= 0.3 is 58.4 Å². The first-order valence-corrected chi connectivity index (χ1v) is 6.06. The molecule has 0 radical (unpaired) electrons. The smallest absolute Gasteiger partial charge is 0.497 e. The summed E-state index contributed by atoms with van der Waals surface area (Å²) >= 11 is 0. The van der Waals surface area contributed by atoms with Gasteiger partial charge in [-0.05, 0) is 18.2 Å². The fourth-order valence-corrected chi connectivity index (χ4v) is 1.50. The van der Waals surface area contributed by atoms with Gasteiger partial charge in [0.25, 0.3) is 0 Å². The molecule has 1 rings (SSSR count). The first-order chi connectivity index (χ1) is 9.49. The van der Waals surface area contributed by atoms with Crippen molar-refractivity contribution < 1.29 is 83.3 Å². The molecule has 9 heteroatoms.